The van der Waals surface area contributed by atoms with E-state index in [1.807, 2.05) is 23.2 Å². The number of nitrogens with one attached hydrogen (secondary N) is 1. The molecule has 192 valence electrons. The zero-order chi connectivity index (χ0) is 25.2. The third-order valence-corrected chi connectivity index (χ3v) is 7.65. The predicted octanol–water partition coefficient (Wildman–Crippen LogP) is 3.40. The Hall–Kier alpha value is -2.97. The fourth-order valence-electron chi connectivity index (χ4n) is 5.56. The summed E-state index contributed by atoms with van der Waals surface area (Å²) in [5, 5.41) is 3.98. The largest absolute Gasteiger partial charge is 0.385 e. The second-order valence-electron chi connectivity index (χ2n) is 10.1. The Kier molecular flexibility index (Phi) is 7.25. The second-order valence-corrected chi connectivity index (χ2v) is 10.1. The van der Waals surface area contributed by atoms with E-state index in [2.05, 4.69) is 9.88 Å². The molecule has 2 aromatic heterocycles. The van der Waals surface area contributed by atoms with Crippen LogP contribution in [-0.2, 0) is 29.7 Å². The molecule has 2 atom stereocenters. The van der Waals surface area contributed by atoms with Gasteiger partial charge in [0.15, 0.2) is 0 Å². The number of fused-ring (bicyclic) bond motifs is 1. The first-order chi connectivity index (χ1) is 17.5. The lowest BCUT2D eigenvalue weighted by Gasteiger charge is -2.35. The van der Waals surface area contributed by atoms with Crippen LogP contribution >= 0.6 is 0 Å². The molecule has 1 saturated heterocycles. The van der Waals surface area contributed by atoms with Gasteiger partial charge in [-0.3, -0.25) is 9.59 Å². The summed E-state index contributed by atoms with van der Waals surface area (Å²) in [5.41, 5.74) is 2.55. The van der Waals surface area contributed by atoms with Gasteiger partial charge in [0, 0.05) is 70.3 Å². The lowest BCUT2D eigenvalue weighted by atomic mass is 9.80. The van der Waals surface area contributed by atoms with E-state index in [-0.39, 0.29) is 35.2 Å². The minimum Gasteiger partial charge on any atom is -0.385 e. The maximum absolute atomic E-state index is 15.0. The zero-order valence-corrected chi connectivity index (χ0v) is 21.1. The first-order valence-electron chi connectivity index (χ1n) is 12.9. The van der Waals surface area contributed by atoms with Crippen LogP contribution in [0.5, 0.6) is 0 Å². The first kappa shape index (κ1) is 24.7. The smallest absolute Gasteiger partial charge is 0.250 e. The number of piperidine rings is 1. The number of carbonyl (C=O) groups is 1. The molecule has 2 aliphatic rings. The first-order valence-corrected chi connectivity index (χ1v) is 12.9. The molecule has 1 amide bonds. The van der Waals surface area contributed by atoms with E-state index in [0.29, 0.717) is 25.1 Å². The Morgan fingerprint density at radius 2 is 2.08 bits per heavy atom. The number of aromatic nitrogens is 2. The maximum Gasteiger partial charge on any atom is 0.250 e. The highest BCUT2D eigenvalue weighted by Gasteiger charge is 2.40. The standard InChI is InChI=1S/C28H35FN4O3/c1-31-13-10-19(15-26(31)34)22-9-11-30-16-23(22)28(35)33(21-7-8-21)18-20-17-32(12-4-14-36-2)25-6-3-5-24(29)27(20)25/h3,5-6,10,13,15,17,21-23,30H,4,7-9,11-12,14,16,18H2,1-2H3. The summed E-state index contributed by atoms with van der Waals surface area (Å²) in [5.74, 6) is -0.437. The fourth-order valence-corrected chi connectivity index (χ4v) is 5.56. The highest BCUT2D eigenvalue weighted by atomic mass is 19.1. The number of aryl methyl sites for hydroxylation is 2. The monoisotopic (exact) mass is 494 g/mol. The molecule has 1 aliphatic carbocycles. The maximum atomic E-state index is 15.0. The second kappa shape index (κ2) is 10.6. The molecule has 3 heterocycles. The topological polar surface area (TPSA) is 68.5 Å². The number of nitrogens with zero attached hydrogens (tertiary/aromatic N) is 3. The van der Waals surface area contributed by atoms with Crippen molar-refractivity contribution in [3.05, 3.63) is 70.0 Å². The minimum atomic E-state index is -0.258. The molecular formula is C28H35FN4O3. The summed E-state index contributed by atoms with van der Waals surface area (Å²) in [6.45, 7) is 3.14. The zero-order valence-electron chi connectivity index (χ0n) is 21.1. The van der Waals surface area contributed by atoms with E-state index in [1.54, 1.807) is 37.1 Å². The molecule has 7 nitrogen and oxygen atoms in total. The van der Waals surface area contributed by atoms with Crippen molar-refractivity contribution < 1.29 is 13.9 Å². The van der Waals surface area contributed by atoms with E-state index >= 15 is 4.39 Å². The molecule has 1 N–H and O–H groups in total. The highest BCUT2D eigenvalue weighted by Crippen LogP contribution is 2.37. The molecule has 2 unspecified atom stereocenters. The molecule has 8 heteroatoms. The average molecular weight is 495 g/mol. The number of carbonyl (C=O) groups excluding carboxylic acids is 1. The summed E-state index contributed by atoms with van der Waals surface area (Å²) >= 11 is 0. The summed E-state index contributed by atoms with van der Waals surface area (Å²) in [4.78, 5) is 28.3. The van der Waals surface area contributed by atoms with Gasteiger partial charge in [0.1, 0.15) is 5.82 Å². The van der Waals surface area contributed by atoms with Crippen LogP contribution in [0.3, 0.4) is 0 Å². The average Bonchev–Trinajstić information content (AvgIpc) is 3.66. The number of rotatable bonds is 9. The number of benzene rings is 1. The Labute approximate surface area is 210 Å². The predicted molar refractivity (Wildman–Crippen MR) is 137 cm³/mol. The fraction of sp³-hybridized carbons (Fsp3) is 0.500. The number of pyridine rings is 1. The lowest BCUT2D eigenvalue weighted by Crippen LogP contribution is -2.47. The van der Waals surface area contributed by atoms with Gasteiger partial charge in [0.05, 0.1) is 11.4 Å². The highest BCUT2D eigenvalue weighted by molar-refractivity contribution is 5.86. The Morgan fingerprint density at radius 3 is 2.83 bits per heavy atom. The number of ether oxygens (including phenoxy) is 1. The van der Waals surface area contributed by atoms with Gasteiger partial charge in [-0.05, 0) is 67.5 Å². The quantitative estimate of drug-likeness (QED) is 0.463. The van der Waals surface area contributed by atoms with Crippen LogP contribution in [0, 0.1) is 11.7 Å². The number of amides is 1. The summed E-state index contributed by atoms with van der Waals surface area (Å²) in [6.07, 6.45) is 7.35. The summed E-state index contributed by atoms with van der Waals surface area (Å²) in [6, 6.07) is 8.98. The van der Waals surface area contributed by atoms with Crippen LogP contribution in [-0.4, -0.2) is 52.8 Å². The van der Waals surface area contributed by atoms with Crippen molar-refractivity contribution in [2.75, 3.05) is 26.8 Å². The van der Waals surface area contributed by atoms with Crippen molar-refractivity contribution in [3.8, 4) is 0 Å². The normalized spacial score (nSPS) is 20.1. The van der Waals surface area contributed by atoms with Crippen molar-refractivity contribution in [3.63, 3.8) is 0 Å². The summed E-state index contributed by atoms with van der Waals surface area (Å²) in [7, 11) is 3.41. The Bertz CT molecular complexity index is 1300. The molecule has 5 rings (SSSR count). The van der Waals surface area contributed by atoms with E-state index in [9.17, 15) is 9.59 Å². The number of hydrogen-bond acceptors (Lipinski definition) is 4. The van der Waals surface area contributed by atoms with Gasteiger partial charge in [-0.1, -0.05) is 6.07 Å². The van der Waals surface area contributed by atoms with Gasteiger partial charge in [0.2, 0.25) is 5.91 Å². The van der Waals surface area contributed by atoms with Crippen molar-refractivity contribution in [2.24, 2.45) is 13.0 Å². The molecule has 1 saturated carbocycles. The van der Waals surface area contributed by atoms with Gasteiger partial charge in [-0.25, -0.2) is 4.39 Å². The number of hydrogen-bond donors (Lipinski definition) is 1. The van der Waals surface area contributed by atoms with Crippen LogP contribution in [0.4, 0.5) is 4.39 Å². The lowest BCUT2D eigenvalue weighted by molar-refractivity contribution is -0.138. The minimum absolute atomic E-state index is 0.0129. The van der Waals surface area contributed by atoms with Crippen molar-refractivity contribution in [2.45, 2.75) is 50.7 Å². The third-order valence-electron chi connectivity index (χ3n) is 7.65. The molecule has 3 aromatic rings. The van der Waals surface area contributed by atoms with E-state index in [1.165, 1.54) is 6.07 Å². The number of methoxy groups -OCH3 is 1. The SMILES string of the molecule is COCCCn1cc(CN(C(=O)C2CNCCC2c2ccn(C)c(=O)c2)C2CC2)c2c(F)cccc21. The van der Waals surface area contributed by atoms with Crippen molar-refractivity contribution in [1.82, 2.24) is 19.4 Å². The molecule has 1 aromatic carbocycles. The van der Waals surface area contributed by atoms with E-state index in [4.69, 9.17) is 4.74 Å². The third kappa shape index (κ3) is 4.97. The van der Waals surface area contributed by atoms with E-state index < -0.39 is 0 Å². The molecule has 36 heavy (non-hydrogen) atoms. The molecule has 0 bridgehead atoms. The molecule has 0 spiro atoms. The van der Waals surface area contributed by atoms with Gasteiger partial charge in [0.25, 0.3) is 5.56 Å². The summed E-state index contributed by atoms with van der Waals surface area (Å²) < 4.78 is 23.9. The molecule has 0 radical (unpaired) electrons. The molecular weight excluding hydrogens is 459 g/mol. The van der Waals surface area contributed by atoms with Crippen molar-refractivity contribution in [1.29, 1.82) is 0 Å². The Balaban J connectivity index is 1.44. The van der Waals surface area contributed by atoms with Gasteiger partial charge in [-0.2, -0.15) is 0 Å². The number of halogens is 1. The van der Waals surface area contributed by atoms with Crippen LogP contribution in [0.15, 0.2) is 47.5 Å². The van der Waals surface area contributed by atoms with Gasteiger partial charge < -0.3 is 24.1 Å². The van der Waals surface area contributed by atoms with Crippen LogP contribution in [0.1, 0.15) is 42.7 Å². The molecule has 1 aliphatic heterocycles. The van der Waals surface area contributed by atoms with Crippen LogP contribution < -0.4 is 10.9 Å². The molecule has 2 fully saturated rings. The van der Waals surface area contributed by atoms with Gasteiger partial charge in [-0.15, -0.1) is 0 Å². The van der Waals surface area contributed by atoms with Crippen LogP contribution in [0.25, 0.3) is 10.9 Å². The van der Waals surface area contributed by atoms with Crippen molar-refractivity contribution >= 4 is 16.8 Å². The Morgan fingerprint density at radius 1 is 1.25 bits per heavy atom. The van der Waals surface area contributed by atoms with E-state index in [0.717, 1.165) is 55.4 Å². The van der Waals surface area contributed by atoms with Gasteiger partial charge >= 0.3 is 0 Å². The van der Waals surface area contributed by atoms with Crippen LogP contribution in [0.2, 0.25) is 0 Å².